The highest BCUT2D eigenvalue weighted by Crippen LogP contribution is 2.33. The van der Waals surface area contributed by atoms with Gasteiger partial charge in [-0.15, -0.1) is 0 Å². The molecule has 1 unspecified atom stereocenters. The number of rotatable bonds is 7. The highest BCUT2D eigenvalue weighted by Gasteiger charge is 2.24. The number of halogens is 1. The largest absolute Gasteiger partial charge is 0.458 e. The highest BCUT2D eigenvalue weighted by molar-refractivity contribution is 6.17. The first kappa shape index (κ1) is 27.2. The molecule has 41 heavy (non-hydrogen) atoms. The molecular formula is C31H28FN7O2. The van der Waals surface area contributed by atoms with Gasteiger partial charge in [-0.2, -0.15) is 0 Å². The van der Waals surface area contributed by atoms with Gasteiger partial charge in [0.05, 0.1) is 28.3 Å². The lowest BCUT2D eigenvalue weighted by atomic mass is 9.97. The van der Waals surface area contributed by atoms with E-state index in [1.54, 1.807) is 62.5 Å². The number of aromatic nitrogens is 2. The topological polar surface area (TPSA) is 156 Å². The van der Waals surface area contributed by atoms with Gasteiger partial charge in [0.15, 0.2) is 0 Å². The Kier molecular flexibility index (Phi) is 7.30. The van der Waals surface area contributed by atoms with Crippen LogP contribution in [-0.4, -0.2) is 28.4 Å². The second-order valence-electron chi connectivity index (χ2n) is 9.51. The first-order chi connectivity index (χ1) is 19.7. The first-order valence-corrected chi connectivity index (χ1v) is 12.8. The summed E-state index contributed by atoms with van der Waals surface area (Å²) < 4.78 is 20.5. The van der Waals surface area contributed by atoms with Crippen molar-refractivity contribution in [3.8, 4) is 11.1 Å². The van der Waals surface area contributed by atoms with Crippen molar-refractivity contribution in [2.24, 2.45) is 4.99 Å². The number of nitrogens with zero attached hydrogens (tertiary/aromatic N) is 3. The van der Waals surface area contributed by atoms with Gasteiger partial charge in [-0.1, -0.05) is 36.4 Å². The van der Waals surface area contributed by atoms with Crippen LogP contribution in [0.1, 0.15) is 42.3 Å². The lowest BCUT2D eigenvalue weighted by Gasteiger charge is -2.20. The summed E-state index contributed by atoms with van der Waals surface area (Å²) in [6.45, 7) is 3.63. The molecular weight excluding hydrogens is 521 g/mol. The maximum atomic E-state index is 14.2. The molecule has 0 aliphatic carbocycles. The van der Waals surface area contributed by atoms with E-state index in [0.29, 0.717) is 27.8 Å². The van der Waals surface area contributed by atoms with Gasteiger partial charge in [-0.25, -0.2) is 14.4 Å². The van der Waals surface area contributed by atoms with Crippen molar-refractivity contribution in [2.45, 2.75) is 19.9 Å². The summed E-state index contributed by atoms with van der Waals surface area (Å²) in [7, 11) is 1.68. The molecule has 0 bridgehead atoms. The quantitative estimate of drug-likeness (QED) is 0.152. The van der Waals surface area contributed by atoms with Crippen LogP contribution in [-0.2, 0) is 0 Å². The summed E-state index contributed by atoms with van der Waals surface area (Å²) in [6, 6.07) is 17.3. The summed E-state index contributed by atoms with van der Waals surface area (Å²) >= 11 is 0. The molecule has 6 N–H and O–H groups in total. The van der Waals surface area contributed by atoms with Crippen molar-refractivity contribution in [1.82, 2.24) is 9.97 Å². The Morgan fingerprint density at radius 3 is 2.59 bits per heavy atom. The molecule has 0 saturated carbocycles. The van der Waals surface area contributed by atoms with Crippen LogP contribution in [0.15, 0.2) is 87.3 Å². The number of nitrogens with two attached hydrogens (primary N) is 2. The number of para-hydroxylation sites is 1. The van der Waals surface area contributed by atoms with Gasteiger partial charge in [-0.05, 0) is 49.7 Å². The van der Waals surface area contributed by atoms with Gasteiger partial charge in [0.25, 0.3) is 0 Å². The third-order valence-electron chi connectivity index (χ3n) is 6.88. The molecule has 3 aromatic carbocycles. The molecule has 206 valence electrons. The minimum absolute atomic E-state index is 0.0486. The number of anilines is 3. The van der Waals surface area contributed by atoms with Crippen molar-refractivity contribution in [1.29, 1.82) is 5.41 Å². The number of hydrogen-bond acceptors (Lipinski definition) is 9. The van der Waals surface area contributed by atoms with Crippen molar-refractivity contribution in [3.63, 3.8) is 0 Å². The molecule has 0 saturated heterocycles. The van der Waals surface area contributed by atoms with Crippen LogP contribution in [0.25, 0.3) is 22.1 Å². The normalized spacial score (nSPS) is 12.3. The van der Waals surface area contributed by atoms with Crippen molar-refractivity contribution < 1.29 is 8.81 Å². The van der Waals surface area contributed by atoms with Crippen molar-refractivity contribution in [3.05, 3.63) is 112 Å². The van der Waals surface area contributed by atoms with E-state index in [0.717, 1.165) is 11.3 Å². The van der Waals surface area contributed by atoms with Gasteiger partial charge in [-0.3, -0.25) is 15.2 Å². The zero-order valence-electron chi connectivity index (χ0n) is 22.7. The molecule has 1 atom stereocenters. The molecule has 0 fully saturated rings. The van der Waals surface area contributed by atoms with E-state index in [2.05, 4.69) is 20.3 Å². The van der Waals surface area contributed by atoms with Crippen LogP contribution in [0.4, 0.5) is 21.7 Å². The Balaban J connectivity index is 1.60. The van der Waals surface area contributed by atoms with E-state index in [1.165, 1.54) is 24.5 Å². The van der Waals surface area contributed by atoms with Crippen molar-refractivity contribution in [2.75, 3.05) is 23.8 Å². The third-order valence-corrected chi connectivity index (χ3v) is 6.88. The van der Waals surface area contributed by atoms with Gasteiger partial charge >= 0.3 is 0 Å². The fourth-order valence-electron chi connectivity index (χ4n) is 4.72. The number of fused-ring (bicyclic) bond motifs is 1. The average Bonchev–Trinajstić information content (AvgIpc) is 2.96. The van der Waals surface area contributed by atoms with E-state index in [1.807, 2.05) is 6.92 Å². The number of aliphatic imine (C=N–C) groups is 1. The van der Waals surface area contributed by atoms with Gasteiger partial charge in [0, 0.05) is 29.6 Å². The summed E-state index contributed by atoms with van der Waals surface area (Å²) in [5, 5.41) is 12.6. The van der Waals surface area contributed by atoms with E-state index in [9.17, 15) is 9.18 Å². The van der Waals surface area contributed by atoms with E-state index >= 15 is 0 Å². The number of nitrogens with one attached hydrogen (secondary N) is 2. The Labute approximate surface area is 235 Å². The number of nitrogen functional groups attached to an aromatic ring is 2. The Bertz CT molecular complexity index is 1900. The highest BCUT2D eigenvalue weighted by atomic mass is 19.1. The maximum absolute atomic E-state index is 14.2. The Morgan fingerprint density at radius 2 is 1.85 bits per heavy atom. The molecule has 2 aromatic heterocycles. The summed E-state index contributed by atoms with van der Waals surface area (Å²) in [4.78, 5) is 26.3. The second kappa shape index (κ2) is 11.0. The van der Waals surface area contributed by atoms with Crippen LogP contribution >= 0.6 is 0 Å². The minimum atomic E-state index is -0.651. The number of hydrogen-bond donors (Lipinski definition) is 4. The monoisotopic (exact) mass is 549 g/mol. The zero-order valence-corrected chi connectivity index (χ0v) is 22.7. The molecule has 10 heteroatoms. The van der Waals surface area contributed by atoms with E-state index < -0.39 is 11.9 Å². The van der Waals surface area contributed by atoms with Crippen molar-refractivity contribution >= 4 is 39.7 Å². The smallest absolute Gasteiger partial charge is 0.200 e. The molecule has 0 aliphatic rings. The lowest BCUT2D eigenvalue weighted by molar-refractivity contribution is 0.515. The molecule has 0 aliphatic heterocycles. The molecule has 0 radical (unpaired) electrons. The Morgan fingerprint density at radius 1 is 1.07 bits per heavy atom. The third kappa shape index (κ3) is 5.14. The lowest BCUT2D eigenvalue weighted by Crippen LogP contribution is -2.19. The average molecular weight is 550 g/mol. The van der Waals surface area contributed by atoms with Crippen LogP contribution in [0.2, 0.25) is 0 Å². The van der Waals surface area contributed by atoms with Gasteiger partial charge in [0.2, 0.25) is 5.43 Å². The summed E-state index contributed by atoms with van der Waals surface area (Å²) in [5.74, 6) is 0.132. The first-order valence-electron chi connectivity index (χ1n) is 12.8. The van der Waals surface area contributed by atoms with Gasteiger partial charge < -0.3 is 21.2 Å². The Hall–Kier alpha value is -5.38. The fourth-order valence-corrected chi connectivity index (χ4v) is 4.72. The second-order valence-corrected chi connectivity index (χ2v) is 9.51. The molecule has 2 heterocycles. The predicted molar refractivity (Wildman–Crippen MR) is 161 cm³/mol. The van der Waals surface area contributed by atoms with E-state index in [-0.39, 0.29) is 39.7 Å². The molecule has 9 nitrogen and oxygen atoms in total. The van der Waals surface area contributed by atoms with Gasteiger partial charge in [0.1, 0.15) is 35.1 Å². The maximum Gasteiger partial charge on any atom is 0.200 e. The molecule has 0 spiro atoms. The van der Waals surface area contributed by atoms with Crippen LogP contribution < -0.4 is 22.2 Å². The standard InChI is InChI=1S/C31H28FN7O2/c1-16(36-3)21-12-11-19(14-23(21)33)27(34)26-30(35)37-15-38-31(26)39-17(2)29-25(18-7-6-8-20(32)13-18)28(40)22-9-4-5-10-24(22)41-29/h4-15,17,34H,33H2,1-3H3,(H3,35,37,38,39). The summed E-state index contributed by atoms with van der Waals surface area (Å²) in [5.41, 5.74) is 16.0. The summed E-state index contributed by atoms with van der Waals surface area (Å²) in [6.07, 6.45) is 1.28. The van der Waals surface area contributed by atoms with Crippen LogP contribution in [0.3, 0.4) is 0 Å². The fraction of sp³-hybridized carbons (Fsp3) is 0.129. The van der Waals surface area contributed by atoms with Crippen LogP contribution in [0.5, 0.6) is 0 Å². The zero-order chi connectivity index (χ0) is 29.3. The number of benzene rings is 3. The SMILES string of the molecule is CN=C(C)c1ccc(C(=N)c2c(N)ncnc2NC(C)c2oc3ccccc3c(=O)c2-c2cccc(F)c2)cc1N. The molecule has 5 aromatic rings. The van der Waals surface area contributed by atoms with Crippen LogP contribution in [0, 0.1) is 11.2 Å². The molecule has 0 amide bonds. The predicted octanol–water partition coefficient (Wildman–Crippen LogP) is 5.58. The minimum Gasteiger partial charge on any atom is -0.458 e. The van der Waals surface area contributed by atoms with E-state index in [4.69, 9.17) is 21.3 Å². The molecule has 5 rings (SSSR count).